The summed E-state index contributed by atoms with van der Waals surface area (Å²) in [5, 5.41) is 3.06. The van der Waals surface area contributed by atoms with Crippen LogP contribution in [0.1, 0.15) is 17.4 Å². The predicted octanol–water partition coefficient (Wildman–Crippen LogP) is 3.40. The summed E-state index contributed by atoms with van der Waals surface area (Å²) >= 11 is 6.02. The third-order valence-corrected chi connectivity index (χ3v) is 4.41. The highest BCUT2D eigenvalue weighted by Gasteiger charge is 2.23. The molecule has 3 heterocycles. The molecule has 142 valence electrons. The van der Waals surface area contributed by atoms with Gasteiger partial charge in [-0.05, 0) is 24.3 Å². The van der Waals surface area contributed by atoms with E-state index < -0.39 is 17.7 Å². The van der Waals surface area contributed by atoms with Crippen LogP contribution in [0, 0.1) is 5.82 Å². The maximum atomic E-state index is 13.0. The number of H-pyrrole nitrogens is 1. The Labute approximate surface area is 164 Å². The Morgan fingerprint density at radius 2 is 2.11 bits per heavy atom. The smallest absolute Gasteiger partial charge is 0.341 e. The van der Waals surface area contributed by atoms with Gasteiger partial charge >= 0.3 is 5.97 Å². The quantitative estimate of drug-likeness (QED) is 0.318. The fraction of sp³-hybridized carbons (Fsp3) is 0.105. The largest absolute Gasteiger partial charge is 0.432 e. The van der Waals surface area contributed by atoms with Gasteiger partial charge in [0.1, 0.15) is 11.3 Å². The number of hydrogen-bond acceptors (Lipinski definition) is 6. The number of allylic oxidation sites excluding steroid dienone is 2. The monoisotopic (exact) mass is 399 g/mol. The highest BCUT2D eigenvalue weighted by atomic mass is 35.5. The molecule has 0 radical (unpaired) electrons. The number of alkyl halides is 1. The molecular formula is C19H15ClFN5O2. The van der Waals surface area contributed by atoms with Gasteiger partial charge < -0.3 is 20.8 Å². The normalized spacial score (nSPS) is 22.7. The predicted molar refractivity (Wildman–Crippen MR) is 106 cm³/mol. The van der Waals surface area contributed by atoms with Crippen molar-refractivity contribution in [1.82, 2.24) is 4.98 Å². The van der Waals surface area contributed by atoms with E-state index >= 15 is 0 Å². The molecule has 0 fully saturated rings. The number of anilines is 1. The van der Waals surface area contributed by atoms with Crippen LogP contribution in [-0.4, -0.2) is 28.9 Å². The van der Waals surface area contributed by atoms with E-state index in [1.165, 1.54) is 36.6 Å². The zero-order chi connectivity index (χ0) is 19.7. The number of fused-ring (bicyclic) bond motifs is 1. The van der Waals surface area contributed by atoms with E-state index in [0.717, 1.165) is 0 Å². The second-order valence-corrected chi connectivity index (χ2v) is 6.55. The standard InChI is InChI=1S/C19H15ClFN5O2/c20-15-9-24-17-16(26-15)13(8-23-17)14(22)6-3-11-7-25-18(28-19(11)27)10-1-4-12(21)5-2-10/h1-9,15,18,23,26H,22H2/t15?,18-/m0/s1. The van der Waals surface area contributed by atoms with Gasteiger partial charge in [-0.1, -0.05) is 23.7 Å². The van der Waals surface area contributed by atoms with Crippen LogP contribution >= 0.6 is 11.6 Å². The molecule has 1 unspecified atom stereocenters. The van der Waals surface area contributed by atoms with Crippen molar-refractivity contribution in [3.8, 4) is 0 Å². The summed E-state index contributed by atoms with van der Waals surface area (Å²) in [4.78, 5) is 23.6. The van der Waals surface area contributed by atoms with Gasteiger partial charge in [0, 0.05) is 35.4 Å². The second-order valence-electron chi connectivity index (χ2n) is 6.08. The number of hydrogen-bond donors (Lipinski definition) is 3. The van der Waals surface area contributed by atoms with Crippen LogP contribution in [0.15, 0.2) is 58.2 Å². The Hall–Kier alpha value is -3.39. The van der Waals surface area contributed by atoms with Crippen LogP contribution in [0.5, 0.6) is 0 Å². The first-order chi connectivity index (χ1) is 13.5. The number of halogens is 2. The van der Waals surface area contributed by atoms with Gasteiger partial charge in [-0.25, -0.2) is 19.2 Å². The van der Waals surface area contributed by atoms with Crippen molar-refractivity contribution in [3.63, 3.8) is 0 Å². The van der Waals surface area contributed by atoms with Crippen LogP contribution < -0.4 is 11.1 Å². The minimum absolute atomic E-state index is 0.243. The molecule has 2 aliphatic rings. The number of rotatable bonds is 3. The van der Waals surface area contributed by atoms with E-state index in [9.17, 15) is 9.18 Å². The van der Waals surface area contributed by atoms with Crippen LogP contribution in [0.25, 0.3) is 5.70 Å². The Balaban J connectivity index is 1.54. The average Bonchev–Trinajstić information content (AvgIpc) is 3.10. The maximum absolute atomic E-state index is 13.0. The molecule has 0 saturated carbocycles. The van der Waals surface area contributed by atoms with Gasteiger partial charge in [0.05, 0.1) is 11.3 Å². The summed E-state index contributed by atoms with van der Waals surface area (Å²) in [6.07, 6.45) is 6.97. The number of carbonyl (C=O) groups excluding carboxylic acids is 1. The van der Waals surface area contributed by atoms with Gasteiger partial charge in [-0.15, -0.1) is 0 Å². The molecule has 0 bridgehead atoms. The van der Waals surface area contributed by atoms with Crippen molar-refractivity contribution < 1.29 is 13.9 Å². The van der Waals surface area contributed by atoms with Crippen molar-refractivity contribution in [2.75, 3.05) is 5.32 Å². The average molecular weight is 400 g/mol. The maximum Gasteiger partial charge on any atom is 0.341 e. The molecule has 2 aliphatic heterocycles. The molecular weight excluding hydrogens is 385 g/mol. The van der Waals surface area contributed by atoms with Crippen LogP contribution in [0.4, 0.5) is 15.9 Å². The second kappa shape index (κ2) is 7.32. The summed E-state index contributed by atoms with van der Waals surface area (Å²) < 4.78 is 18.3. The first-order valence-electron chi connectivity index (χ1n) is 8.35. The molecule has 0 amide bonds. The number of nitrogens with two attached hydrogens (primary N) is 1. The van der Waals surface area contributed by atoms with E-state index in [0.29, 0.717) is 28.3 Å². The number of nitrogens with zero attached hydrogens (tertiary/aromatic N) is 2. The lowest BCUT2D eigenvalue weighted by atomic mass is 10.1. The molecule has 1 aromatic carbocycles. The minimum Gasteiger partial charge on any atom is -0.432 e. The van der Waals surface area contributed by atoms with Gasteiger partial charge in [-0.3, -0.25) is 0 Å². The molecule has 1 aromatic heterocycles. The zero-order valence-electron chi connectivity index (χ0n) is 14.4. The van der Waals surface area contributed by atoms with Crippen molar-refractivity contribution in [2.45, 2.75) is 11.7 Å². The number of carbonyl (C=O) groups is 1. The molecule has 7 nitrogen and oxygen atoms in total. The molecule has 0 saturated heterocycles. The number of aliphatic imine (C=N–C) groups is 2. The number of esters is 1. The fourth-order valence-corrected chi connectivity index (χ4v) is 2.93. The molecule has 2 atom stereocenters. The first-order valence-corrected chi connectivity index (χ1v) is 8.78. The summed E-state index contributed by atoms with van der Waals surface area (Å²) in [5.41, 5.74) is 8.30. The summed E-state index contributed by atoms with van der Waals surface area (Å²) in [7, 11) is 0. The number of cyclic esters (lactones) is 1. The summed E-state index contributed by atoms with van der Waals surface area (Å²) in [6, 6.07) is 5.61. The highest BCUT2D eigenvalue weighted by Crippen LogP contribution is 2.34. The van der Waals surface area contributed by atoms with Gasteiger partial charge in [0.15, 0.2) is 5.82 Å². The summed E-state index contributed by atoms with van der Waals surface area (Å²) in [6.45, 7) is 0. The van der Waals surface area contributed by atoms with E-state index in [2.05, 4.69) is 20.3 Å². The lowest BCUT2D eigenvalue weighted by Crippen LogP contribution is -2.18. The first kappa shape index (κ1) is 18.0. The Morgan fingerprint density at radius 3 is 2.86 bits per heavy atom. The molecule has 0 aliphatic carbocycles. The summed E-state index contributed by atoms with van der Waals surface area (Å²) in [5.74, 6) is -0.298. The Bertz CT molecular complexity index is 1040. The fourth-order valence-electron chi connectivity index (χ4n) is 2.77. The Kier molecular flexibility index (Phi) is 4.70. The lowest BCUT2D eigenvalue weighted by molar-refractivity contribution is -0.144. The lowest BCUT2D eigenvalue weighted by Gasteiger charge is -2.18. The topological polar surface area (TPSA) is 105 Å². The van der Waals surface area contributed by atoms with Crippen LogP contribution in [0.3, 0.4) is 0 Å². The number of benzene rings is 1. The van der Waals surface area contributed by atoms with Crippen molar-refractivity contribution >= 4 is 47.2 Å². The number of ether oxygens (including phenoxy) is 1. The van der Waals surface area contributed by atoms with E-state index in [1.54, 1.807) is 18.5 Å². The zero-order valence-corrected chi connectivity index (χ0v) is 15.2. The SMILES string of the molecule is NC(=CC=C1C=N[C@H](c2ccc(F)cc2)OC1=O)c1c[nH]c2c1NC(Cl)C=N2. The van der Waals surface area contributed by atoms with Crippen LogP contribution in [0.2, 0.25) is 0 Å². The number of aromatic amines is 1. The molecule has 9 heteroatoms. The third kappa shape index (κ3) is 3.54. The number of aromatic nitrogens is 1. The van der Waals surface area contributed by atoms with Gasteiger partial charge in [0.2, 0.25) is 6.23 Å². The molecule has 28 heavy (non-hydrogen) atoms. The van der Waals surface area contributed by atoms with E-state index in [4.69, 9.17) is 22.1 Å². The van der Waals surface area contributed by atoms with E-state index in [1.807, 2.05) is 0 Å². The molecule has 4 N–H and O–H groups in total. The van der Waals surface area contributed by atoms with Gasteiger partial charge in [-0.2, -0.15) is 0 Å². The van der Waals surface area contributed by atoms with Gasteiger partial charge in [0.25, 0.3) is 0 Å². The van der Waals surface area contributed by atoms with E-state index in [-0.39, 0.29) is 11.4 Å². The van der Waals surface area contributed by atoms with Crippen molar-refractivity contribution in [2.24, 2.45) is 15.7 Å². The van der Waals surface area contributed by atoms with Crippen molar-refractivity contribution in [3.05, 3.63) is 65.1 Å². The third-order valence-electron chi connectivity index (χ3n) is 4.19. The minimum atomic E-state index is -0.800. The highest BCUT2D eigenvalue weighted by molar-refractivity contribution is 6.30. The number of nitrogens with one attached hydrogen (secondary N) is 2. The Morgan fingerprint density at radius 1 is 1.32 bits per heavy atom. The molecule has 2 aromatic rings. The molecule has 0 spiro atoms. The molecule has 4 rings (SSSR count). The van der Waals surface area contributed by atoms with Crippen LogP contribution in [-0.2, 0) is 9.53 Å². The van der Waals surface area contributed by atoms with Crippen molar-refractivity contribution in [1.29, 1.82) is 0 Å².